The van der Waals surface area contributed by atoms with E-state index in [9.17, 15) is 21.6 Å². The number of pyridine rings is 1. The molecule has 2 saturated heterocycles. The molecule has 2 aromatic rings. The summed E-state index contributed by atoms with van der Waals surface area (Å²) in [7, 11) is -7.53. The molecule has 2 fully saturated rings. The number of morpholine rings is 1. The quantitative estimate of drug-likeness (QED) is 0.559. The van der Waals surface area contributed by atoms with Crippen molar-refractivity contribution in [3.05, 3.63) is 36.2 Å². The lowest BCUT2D eigenvalue weighted by Crippen LogP contribution is -2.48. The predicted molar refractivity (Wildman–Crippen MR) is 112 cm³/mol. The fourth-order valence-electron chi connectivity index (χ4n) is 3.52. The Hall–Kier alpha value is -2.52. The van der Waals surface area contributed by atoms with Gasteiger partial charge in [-0.1, -0.05) is 0 Å². The van der Waals surface area contributed by atoms with Crippen LogP contribution in [0.15, 0.2) is 44.9 Å². The lowest BCUT2D eigenvalue weighted by molar-refractivity contribution is 0.0730. The van der Waals surface area contributed by atoms with Crippen LogP contribution in [0.5, 0.6) is 0 Å². The molecule has 2 N–H and O–H groups in total. The van der Waals surface area contributed by atoms with Crippen LogP contribution in [0.1, 0.15) is 10.6 Å². The van der Waals surface area contributed by atoms with Crippen molar-refractivity contribution in [2.75, 3.05) is 57.4 Å². The Bertz CT molecular complexity index is 1180. The third kappa shape index (κ3) is 4.36. The van der Waals surface area contributed by atoms with Gasteiger partial charge in [-0.25, -0.2) is 21.8 Å². The predicted octanol–water partition coefficient (Wildman–Crippen LogP) is -0.695. The van der Waals surface area contributed by atoms with Crippen LogP contribution in [0.25, 0.3) is 0 Å². The zero-order chi connectivity index (χ0) is 22.9. The standard InChI is InChI=1S/C18H23N5O7S2/c19-18(24)15-2-4-17(30-15)32(27,28)22-7-5-21(6-8-22)16-3-1-14(13-20-16)31(25,26)23-9-11-29-12-10-23/h1-4,13H,5-12H2,(H2,19,24). The highest BCUT2D eigenvalue weighted by molar-refractivity contribution is 7.89. The fourth-order valence-corrected chi connectivity index (χ4v) is 6.21. The summed E-state index contributed by atoms with van der Waals surface area (Å²) in [4.78, 5) is 17.4. The van der Waals surface area contributed by atoms with E-state index in [0.29, 0.717) is 45.2 Å². The van der Waals surface area contributed by atoms with E-state index in [2.05, 4.69) is 4.98 Å². The van der Waals surface area contributed by atoms with Gasteiger partial charge in [0.1, 0.15) is 10.7 Å². The topological polar surface area (TPSA) is 156 Å². The Morgan fingerprint density at radius 1 is 0.875 bits per heavy atom. The minimum Gasteiger partial charge on any atom is -0.438 e. The number of nitrogens with two attached hydrogens (primary N) is 1. The summed E-state index contributed by atoms with van der Waals surface area (Å²) in [5.41, 5.74) is 5.11. The van der Waals surface area contributed by atoms with Gasteiger partial charge in [-0.05, 0) is 24.3 Å². The van der Waals surface area contributed by atoms with Crippen LogP contribution in [-0.4, -0.2) is 88.8 Å². The monoisotopic (exact) mass is 485 g/mol. The molecule has 0 bridgehead atoms. The van der Waals surface area contributed by atoms with E-state index in [-0.39, 0.29) is 28.8 Å². The number of ether oxygens (including phenoxy) is 1. The maximum absolute atomic E-state index is 12.7. The number of piperazine rings is 1. The van der Waals surface area contributed by atoms with Gasteiger partial charge in [-0.15, -0.1) is 0 Å². The Morgan fingerprint density at radius 3 is 2.09 bits per heavy atom. The first-order valence-corrected chi connectivity index (χ1v) is 12.8. The minimum atomic E-state index is -3.90. The number of hydrogen-bond acceptors (Lipinski definition) is 9. The van der Waals surface area contributed by atoms with Crippen molar-refractivity contribution in [2.45, 2.75) is 9.99 Å². The number of sulfonamides is 2. The molecule has 0 aliphatic carbocycles. The van der Waals surface area contributed by atoms with Crippen LogP contribution in [0, 0.1) is 0 Å². The number of carbonyl (C=O) groups excluding carboxylic acids is 1. The van der Waals surface area contributed by atoms with Gasteiger partial charge in [0.05, 0.1) is 13.2 Å². The minimum absolute atomic E-state index is 0.104. The highest BCUT2D eigenvalue weighted by atomic mass is 32.2. The van der Waals surface area contributed by atoms with E-state index in [1.54, 1.807) is 6.07 Å². The van der Waals surface area contributed by atoms with Crippen LogP contribution in [0.4, 0.5) is 5.82 Å². The third-order valence-corrected chi connectivity index (χ3v) is 8.96. The van der Waals surface area contributed by atoms with E-state index in [1.165, 1.54) is 33.0 Å². The first-order valence-electron chi connectivity index (χ1n) is 9.88. The molecule has 0 unspecified atom stereocenters. The van der Waals surface area contributed by atoms with Crippen molar-refractivity contribution in [2.24, 2.45) is 5.73 Å². The number of anilines is 1. The number of nitrogens with zero attached hydrogens (tertiary/aromatic N) is 4. The number of primary amides is 1. The van der Waals surface area contributed by atoms with Gasteiger partial charge < -0.3 is 19.8 Å². The molecule has 0 saturated carbocycles. The average Bonchev–Trinajstić information content (AvgIpc) is 3.32. The summed E-state index contributed by atoms with van der Waals surface area (Å²) in [5.74, 6) is -0.517. The zero-order valence-corrected chi connectivity index (χ0v) is 18.7. The van der Waals surface area contributed by atoms with Gasteiger partial charge in [0.2, 0.25) is 15.1 Å². The smallest absolute Gasteiger partial charge is 0.284 e. The molecule has 0 aromatic carbocycles. The molecule has 1 amide bonds. The lowest BCUT2D eigenvalue weighted by Gasteiger charge is -2.34. The lowest BCUT2D eigenvalue weighted by atomic mass is 10.3. The maximum Gasteiger partial charge on any atom is 0.284 e. The summed E-state index contributed by atoms with van der Waals surface area (Å²) in [5, 5.41) is -0.337. The number of furan rings is 1. The third-order valence-electron chi connectivity index (χ3n) is 5.31. The number of hydrogen-bond donors (Lipinski definition) is 1. The van der Waals surface area contributed by atoms with E-state index in [4.69, 9.17) is 14.9 Å². The summed E-state index contributed by atoms with van der Waals surface area (Å²) >= 11 is 0. The molecule has 12 nitrogen and oxygen atoms in total. The van der Waals surface area contributed by atoms with E-state index in [0.717, 1.165) is 0 Å². The van der Waals surface area contributed by atoms with Crippen molar-refractivity contribution >= 4 is 31.8 Å². The fraction of sp³-hybridized carbons (Fsp3) is 0.444. The van der Waals surface area contributed by atoms with Crippen LogP contribution < -0.4 is 10.6 Å². The van der Waals surface area contributed by atoms with Crippen LogP contribution in [0.3, 0.4) is 0 Å². The number of amides is 1. The summed E-state index contributed by atoms with van der Waals surface area (Å²) in [6.07, 6.45) is 1.32. The Morgan fingerprint density at radius 2 is 1.53 bits per heavy atom. The van der Waals surface area contributed by atoms with Gasteiger partial charge in [-0.2, -0.15) is 8.61 Å². The molecule has 4 heterocycles. The molecule has 174 valence electrons. The van der Waals surface area contributed by atoms with Crippen LogP contribution in [-0.2, 0) is 24.8 Å². The zero-order valence-electron chi connectivity index (χ0n) is 17.1. The molecule has 0 atom stereocenters. The second-order valence-electron chi connectivity index (χ2n) is 7.24. The summed E-state index contributed by atoms with van der Waals surface area (Å²) < 4.78 is 63.8. The molecule has 2 aromatic heterocycles. The average molecular weight is 486 g/mol. The van der Waals surface area contributed by atoms with Crippen molar-refractivity contribution in [1.29, 1.82) is 0 Å². The largest absolute Gasteiger partial charge is 0.438 e. The first-order chi connectivity index (χ1) is 15.2. The van der Waals surface area contributed by atoms with Gasteiger partial charge in [0, 0.05) is 45.5 Å². The normalized spacial score (nSPS) is 19.2. The summed E-state index contributed by atoms with van der Waals surface area (Å²) in [6.45, 7) is 2.37. The molecule has 2 aliphatic rings. The molecular weight excluding hydrogens is 462 g/mol. The number of rotatable bonds is 6. The number of aromatic nitrogens is 1. The Balaban J connectivity index is 1.41. The molecule has 2 aliphatic heterocycles. The van der Waals surface area contributed by atoms with Crippen molar-refractivity contribution < 1.29 is 30.8 Å². The molecule has 14 heteroatoms. The summed E-state index contributed by atoms with van der Waals surface area (Å²) in [6, 6.07) is 5.55. The SMILES string of the molecule is NC(=O)c1ccc(S(=O)(=O)N2CCN(c3ccc(S(=O)(=O)N4CCOCC4)cn3)CC2)o1. The molecular formula is C18H23N5O7S2. The maximum atomic E-state index is 12.7. The van der Waals surface area contributed by atoms with Crippen LogP contribution in [0.2, 0.25) is 0 Å². The highest BCUT2D eigenvalue weighted by Crippen LogP contribution is 2.23. The highest BCUT2D eigenvalue weighted by Gasteiger charge is 2.32. The molecule has 0 spiro atoms. The number of carbonyl (C=O) groups is 1. The molecule has 4 rings (SSSR count). The van der Waals surface area contributed by atoms with Crippen molar-refractivity contribution in [1.82, 2.24) is 13.6 Å². The van der Waals surface area contributed by atoms with Crippen molar-refractivity contribution in [3.8, 4) is 0 Å². The molecule has 0 radical (unpaired) electrons. The Labute approximate surface area is 185 Å². The van der Waals surface area contributed by atoms with E-state index >= 15 is 0 Å². The van der Waals surface area contributed by atoms with Gasteiger partial charge in [0.15, 0.2) is 5.76 Å². The Kier molecular flexibility index (Phi) is 6.22. The van der Waals surface area contributed by atoms with Gasteiger partial charge >= 0.3 is 0 Å². The van der Waals surface area contributed by atoms with E-state index in [1.807, 2.05) is 4.90 Å². The molecule has 32 heavy (non-hydrogen) atoms. The first kappa shape index (κ1) is 22.7. The second kappa shape index (κ2) is 8.78. The van der Waals surface area contributed by atoms with E-state index < -0.39 is 26.0 Å². The van der Waals surface area contributed by atoms with Crippen molar-refractivity contribution in [3.63, 3.8) is 0 Å². The van der Waals surface area contributed by atoms with Crippen LogP contribution >= 0.6 is 0 Å². The van der Waals surface area contributed by atoms with Gasteiger partial charge in [0.25, 0.3) is 15.9 Å². The second-order valence-corrected chi connectivity index (χ2v) is 11.0. The van der Waals surface area contributed by atoms with Gasteiger partial charge in [-0.3, -0.25) is 4.79 Å².